The van der Waals surface area contributed by atoms with E-state index in [0.717, 1.165) is 10.7 Å². The summed E-state index contributed by atoms with van der Waals surface area (Å²) in [5, 5.41) is 0. The largest absolute Gasteiger partial charge is 0.476 e. The molecule has 1 rings (SSSR count). The fourth-order valence-corrected chi connectivity index (χ4v) is 1.34. The van der Waals surface area contributed by atoms with Gasteiger partial charge < -0.3 is 4.74 Å². The second-order valence-electron chi connectivity index (χ2n) is 2.53. The van der Waals surface area contributed by atoms with Crippen LogP contribution in [0, 0.1) is 0 Å². The number of hydrogen-bond donors (Lipinski definition) is 0. The van der Waals surface area contributed by atoms with Gasteiger partial charge in [0.2, 0.25) is 0 Å². The fraction of sp³-hybridized carbons (Fsp3) is 0.286. The Morgan fingerprint density at radius 2 is 2.23 bits per heavy atom. The van der Waals surface area contributed by atoms with Crippen LogP contribution in [-0.2, 0) is 9.84 Å². The molecule has 4 nitrogen and oxygen atoms in total. The Bertz CT molecular complexity index is 390. The molecule has 0 aliphatic rings. The van der Waals surface area contributed by atoms with Crippen LogP contribution in [0.4, 0.5) is 0 Å². The Balaban J connectivity index is 2.65. The van der Waals surface area contributed by atoms with Gasteiger partial charge in [0.25, 0.3) is 0 Å². The molecule has 72 valence electrons. The third-order valence-electron chi connectivity index (χ3n) is 1.12. The molecule has 0 spiro atoms. The number of ether oxygens (including phenoxy) is 1. The minimum absolute atomic E-state index is 0.328. The van der Waals surface area contributed by atoms with Crippen LogP contribution in [0.3, 0.4) is 0 Å². The van der Waals surface area contributed by atoms with Crippen molar-refractivity contribution >= 4 is 25.8 Å². The minimum Gasteiger partial charge on any atom is -0.476 e. The molecule has 0 radical (unpaired) electrons. The molecule has 0 saturated heterocycles. The highest BCUT2D eigenvalue weighted by molar-refractivity contribution is 9.10. The second-order valence-corrected chi connectivity index (χ2v) is 5.53. The van der Waals surface area contributed by atoms with E-state index in [9.17, 15) is 8.42 Å². The molecule has 0 bridgehead atoms. The van der Waals surface area contributed by atoms with Gasteiger partial charge >= 0.3 is 0 Å². The zero-order valence-electron chi connectivity index (χ0n) is 6.90. The van der Waals surface area contributed by atoms with E-state index in [0.29, 0.717) is 5.75 Å². The van der Waals surface area contributed by atoms with E-state index in [2.05, 4.69) is 20.9 Å². The number of hydrogen-bond acceptors (Lipinski definition) is 4. The van der Waals surface area contributed by atoms with Crippen LogP contribution in [0.1, 0.15) is 0 Å². The van der Waals surface area contributed by atoms with Gasteiger partial charge in [0.15, 0.2) is 15.8 Å². The smallest absolute Gasteiger partial charge is 0.188 e. The fourth-order valence-electron chi connectivity index (χ4n) is 0.646. The molecular formula is C7H8BrNO3S. The molecule has 1 aromatic heterocycles. The first-order valence-electron chi connectivity index (χ1n) is 3.38. The first kappa shape index (κ1) is 10.5. The molecule has 1 heterocycles. The normalized spacial score (nSPS) is 11.2. The summed E-state index contributed by atoms with van der Waals surface area (Å²) in [5.41, 5.74) is 0. The third kappa shape index (κ3) is 4.23. The van der Waals surface area contributed by atoms with Gasteiger partial charge in [-0.15, -0.1) is 0 Å². The summed E-state index contributed by atoms with van der Waals surface area (Å²) in [4.78, 5) is 3.82. The Kier molecular flexibility index (Phi) is 3.27. The Morgan fingerprint density at radius 1 is 1.54 bits per heavy atom. The first-order valence-corrected chi connectivity index (χ1v) is 6.24. The Hall–Kier alpha value is -0.620. The van der Waals surface area contributed by atoms with Crippen molar-refractivity contribution in [3.05, 3.63) is 22.9 Å². The summed E-state index contributed by atoms with van der Waals surface area (Å²) in [6.45, 7) is 0. The molecule has 1 aromatic rings. The lowest BCUT2D eigenvalue weighted by Gasteiger charge is -2.03. The highest BCUT2D eigenvalue weighted by Crippen LogP contribution is 2.15. The van der Waals surface area contributed by atoms with Gasteiger partial charge in [0.05, 0.1) is 6.20 Å². The Morgan fingerprint density at radius 3 is 2.77 bits per heavy atom. The molecule has 6 heteroatoms. The average Bonchev–Trinajstić information content (AvgIpc) is 2.00. The van der Waals surface area contributed by atoms with Crippen molar-refractivity contribution in [2.24, 2.45) is 0 Å². The van der Waals surface area contributed by atoms with E-state index < -0.39 is 9.84 Å². The monoisotopic (exact) mass is 265 g/mol. The molecule has 0 saturated carbocycles. The van der Waals surface area contributed by atoms with E-state index in [4.69, 9.17) is 4.74 Å². The number of pyridine rings is 1. The van der Waals surface area contributed by atoms with Crippen LogP contribution in [0.15, 0.2) is 22.9 Å². The van der Waals surface area contributed by atoms with Gasteiger partial charge in [-0.1, -0.05) is 0 Å². The lowest BCUT2D eigenvalue weighted by atomic mass is 10.5. The van der Waals surface area contributed by atoms with E-state index >= 15 is 0 Å². The van der Waals surface area contributed by atoms with Crippen molar-refractivity contribution in [1.82, 2.24) is 4.98 Å². The summed E-state index contributed by atoms with van der Waals surface area (Å²) in [6.07, 6.45) is 4.15. The topological polar surface area (TPSA) is 56.3 Å². The van der Waals surface area contributed by atoms with Crippen molar-refractivity contribution in [2.45, 2.75) is 0 Å². The molecular weight excluding hydrogens is 258 g/mol. The van der Waals surface area contributed by atoms with Crippen LogP contribution in [0.5, 0.6) is 5.75 Å². The van der Waals surface area contributed by atoms with Crippen molar-refractivity contribution in [1.29, 1.82) is 0 Å². The maximum absolute atomic E-state index is 10.7. The summed E-state index contributed by atoms with van der Waals surface area (Å²) < 4.78 is 27.2. The van der Waals surface area contributed by atoms with Crippen LogP contribution >= 0.6 is 15.9 Å². The first-order chi connectivity index (χ1) is 5.97. The number of halogens is 1. The number of rotatable bonds is 3. The summed E-state index contributed by atoms with van der Waals surface area (Å²) in [5.74, 6) is 0.102. The molecule has 0 atom stereocenters. The number of sulfone groups is 1. The van der Waals surface area contributed by atoms with Crippen molar-refractivity contribution in [2.75, 3.05) is 12.2 Å². The standard InChI is InChI=1S/C7H8BrNO3S/c1-13(10,11)5-12-7-2-6(8)3-9-4-7/h2-4H,5H2,1H3. The number of nitrogens with zero attached hydrogens (tertiary/aromatic N) is 1. The predicted octanol–water partition coefficient (Wildman–Crippen LogP) is 1.23. The quantitative estimate of drug-likeness (QED) is 0.825. The van der Waals surface area contributed by atoms with E-state index in [1.54, 1.807) is 12.3 Å². The third-order valence-corrected chi connectivity index (χ3v) is 2.10. The molecule has 0 unspecified atom stereocenters. The molecule has 0 aromatic carbocycles. The van der Waals surface area contributed by atoms with Crippen molar-refractivity contribution in [3.63, 3.8) is 0 Å². The van der Waals surface area contributed by atoms with Crippen molar-refractivity contribution < 1.29 is 13.2 Å². The lowest BCUT2D eigenvalue weighted by Crippen LogP contribution is -2.09. The van der Waals surface area contributed by atoms with Crippen LogP contribution in [-0.4, -0.2) is 25.6 Å². The van der Waals surface area contributed by atoms with Gasteiger partial charge in [0.1, 0.15) is 5.75 Å². The molecule has 0 amide bonds. The SMILES string of the molecule is CS(=O)(=O)COc1cncc(Br)c1. The van der Waals surface area contributed by atoms with E-state index in [1.807, 2.05) is 0 Å². The number of aromatic nitrogens is 1. The van der Waals surface area contributed by atoms with Crippen molar-refractivity contribution in [3.8, 4) is 5.75 Å². The van der Waals surface area contributed by atoms with Gasteiger partial charge in [-0.25, -0.2) is 8.42 Å². The summed E-state index contributed by atoms with van der Waals surface area (Å²) in [7, 11) is -3.10. The van der Waals surface area contributed by atoms with Gasteiger partial charge in [-0.05, 0) is 22.0 Å². The minimum atomic E-state index is -3.10. The van der Waals surface area contributed by atoms with Gasteiger partial charge in [0, 0.05) is 16.9 Å². The van der Waals surface area contributed by atoms with Gasteiger partial charge in [-0.2, -0.15) is 0 Å². The summed E-state index contributed by atoms with van der Waals surface area (Å²) in [6, 6.07) is 1.65. The molecule has 0 N–H and O–H groups in total. The van der Waals surface area contributed by atoms with E-state index in [-0.39, 0.29) is 5.94 Å². The maximum Gasteiger partial charge on any atom is 0.188 e. The highest BCUT2D eigenvalue weighted by Gasteiger charge is 2.03. The second kappa shape index (κ2) is 4.06. The average molecular weight is 266 g/mol. The zero-order chi connectivity index (χ0) is 9.90. The van der Waals surface area contributed by atoms with E-state index in [1.165, 1.54) is 6.20 Å². The summed E-state index contributed by atoms with van der Waals surface area (Å²) >= 11 is 3.19. The molecule has 13 heavy (non-hydrogen) atoms. The molecule has 0 aliphatic carbocycles. The molecule has 0 fully saturated rings. The zero-order valence-corrected chi connectivity index (χ0v) is 9.30. The van der Waals surface area contributed by atoms with Crippen LogP contribution < -0.4 is 4.74 Å². The lowest BCUT2D eigenvalue weighted by molar-refractivity contribution is 0.376. The Labute approximate surface area is 85.0 Å². The molecule has 0 aliphatic heterocycles. The predicted molar refractivity (Wildman–Crippen MR) is 52.3 cm³/mol. The highest BCUT2D eigenvalue weighted by atomic mass is 79.9. The van der Waals surface area contributed by atoms with Crippen LogP contribution in [0.2, 0.25) is 0 Å². The van der Waals surface area contributed by atoms with Gasteiger partial charge in [-0.3, -0.25) is 4.98 Å². The maximum atomic E-state index is 10.7. The van der Waals surface area contributed by atoms with Crippen LogP contribution in [0.25, 0.3) is 0 Å².